The van der Waals surface area contributed by atoms with Gasteiger partial charge in [-0.1, -0.05) is 23.2 Å². The minimum Gasteiger partial charge on any atom is -0.451 e. The quantitative estimate of drug-likeness (QED) is 0.761. The van der Waals surface area contributed by atoms with Crippen LogP contribution in [0.2, 0.25) is 10.0 Å². The number of carbonyl (C=O) groups is 3. The van der Waals surface area contributed by atoms with Crippen LogP contribution in [0.15, 0.2) is 18.2 Å². The summed E-state index contributed by atoms with van der Waals surface area (Å²) in [6.07, 6.45) is 0.125. The summed E-state index contributed by atoms with van der Waals surface area (Å²) >= 11 is 13.4. The SMILES string of the molecule is C[C@@H](OC(=O)[C@@H]1CS[C@@]2(C)CCC(=O)N12)C(=O)Nc1cc(Cl)cc(Cl)c1. The average molecular weight is 417 g/mol. The number of benzene rings is 1. The molecule has 0 spiro atoms. The molecule has 2 saturated heterocycles. The van der Waals surface area contributed by atoms with E-state index in [0.717, 1.165) is 0 Å². The molecule has 0 bridgehead atoms. The highest BCUT2D eigenvalue weighted by Crippen LogP contribution is 2.47. The van der Waals surface area contributed by atoms with E-state index in [1.165, 1.54) is 6.92 Å². The molecule has 140 valence electrons. The van der Waals surface area contributed by atoms with Crippen LogP contribution in [0.25, 0.3) is 0 Å². The number of esters is 1. The number of rotatable bonds is 4. The van der Waals surface area contributed by atoms with E-state index in [4.69, 9.17) is 27.9 Å². The predicted molar refractivity (Wildman–Crippen MR) is 101 cm³/mol. The Balaban J connectivity index is 1.62. The van der Waals surface area contributed by atoms with Gasteiger partial charge in [0.15, 0.2) is 6.10 Å². The predicted octanol–water partition coefficient (Wildman–Crippen LogP) is 3.32. The van der Waals surface area contributed by atoms with Gasteiger partial charge in [0.25, 0.3) is 5.91 Å². The minimum atomic E-state index is -1.02. The van der Waals surface area contributed by atoms with Gasteiger partial charge >= 0.3 is 5.97 Å². The molecule has 0 saturated carbocycles. The van der Waals surface area contributed by atoms with Crippen molar-refractivity contribution in [1.29, 1.82) is 0 Å². The number of amides is 2. The van der Waals surface area contributed by atoms with Gasteiger partial charge < -0.3 is 15.0 Å². The maximum atomic E-state index is 12.5. The zero-order valence-electron chi connectivity index (χ0n) is 14.3. The van der Waals surface area contributed by atoms with Crippen molar-refractivity contribution in [2.75, 3.05) is 11.1 Å². The Labute approximate surface area is 165 Å². The second-order valence-corrected chi connectivity index (χ2v) is 8.87. The van der Waals surface area contributed by atoms with Crippen LogP contribution in [-0.2, 0) is 19.1 Å². The number of fused-ring (bicyclic) bond motifs is 1. The molecule has 3 atom stereocenters. The molecule has 2 aliphatic heterocycles. The van der Waals surface area contributed by atoms with E-state index in [1.54, 1.807) is 34.9 Å². The van der Waals surface area contributed by atoms with Crippen molar-refractivity contribution in [3.05, 3.63) is 28.2 Å². The molecule has 6 nitrogen and oxygen atoms in total. The third kappa shape index (κ3) is 3.80. The van der Waals surface area contributed by atoms with E-state index in [-0.39, 0.29) is 10.8 Å². The highest BCUT2D eigenvalue weighted by atomic mass is 35.5. The standard InChI is InChI=1S/C17H18Cl2N2O4S/c1-9(15(23)20-12-6-10(18)5-11(19)7-12)25-16(24)13-8-26-17(2)4-3-14(22)21(13)17/h5-7,9,13H,3-4,8H2,1-2H3,(H,20,23)/t9-,13+,17+/m1/s1. The summed E-state index contributed by atoms with van der Waals surface area (Å²) in [6.45, 7) is 3.43. The number of thioether (sulfide) groups is 1. The van der Waals surface area contributed by atoms with Gasteiger partial charge in [-0.2, -0.15) is 0 Å². The number of hydrogen-bond acceptors (Lipinski definition) is 5. The molecule has 2 aliphatic rings. The first-order valence-corrected chi connectivity index (χ1v) is 9.87. The fraction of sp³-hybridized carbons (Fsp3) is 0.471. The summed E-state index contributed by atoms with van der Waals surface area (Å²) in [5.41, 5.74) is 0.411. The number of hydrogen-bond donors (Lipinski definition) is 1. The van der Waals surface area contributed by atoms with Crippen molar-refractivity contribution in [3.63, 3.8) is 0 Å². The van der Waals surface area contributed by atoms with Gasteiger partial charge in [0.2, 0.25) is 5.91 Å². The fourth-order valence-corrected chi connectivity index (χ4v) is 5.11. The number of halogens is 2. The van der Waals surface area contributed by atoms with Crippen LogP contribution >= 0.6 is 35.0 Å². The topological polar surface area (TPSA) is 75.7 Å². The minimum absolute atomic E-state index is 0.0508. The third-order valence-electron chi connectivity index (χ3n) is 4.51. The van der Waals surface area contributed by atoms with Gasteiger partial charge in [0.1, 0.15) is 6.04 Å². The Hall–Kier alpha value is -1.44. The second kappa shape index (κ2) is 7.29. The Kier molecular flexibility index (Phi) is 5.42. The van der Waals surface area contributed by atoms with Crippen LogP contribution in [0.3, 0.4) is 0 Å². The zero-order valence-corrected chi connectivity index (χ0v) is 16.6. The molecule has 2 heterocycles. The molecule has 0 radical (unpaired) electrons. The Bertz CT molecular complexity index is 755. The summed E-state index contributed by atoms with van der Waals surface area (Å²) in [7, 11) is 0. The molecule has 0 aliphatic carbocycles. The van der Waals surface area contributed by atoms with Crippen LogP contribution in [-0.4, -0.2) is 45.5 Å². The maximum absolute atomic E-state index is 12.5. The molecular formula is C17H18Cl2N2O4S. The third-order valence-corrected chi connectivity index (χ3v) is 6.45. The van der Waals surface area contributed by atoms with E-state index in [9.17, 15) is 14.4 Å². The maximum Gasteiger partial charge on any atom is 0.330 e. The van der Waals surface area contributed by atoms with Gasteiger partial charge in [-0.05, 0) is 38.5 Å². The molecule has 2 fully saturated rings. The smallest absolute Gasteiger partial charge is 0.330 e. The first-order valence-electron chi connectivity index (χ1n) is 8.13. The van der Waals surface area contributed by atoms with Crippen molar-refractivity contribution in [2.45, 2.75) is 43.7 Å². The van der Waals surface area contributed by atoms with Crippen molar-refractivity contribution in [1.82, 2.24) is 4.90 Å². The molecule has 2 amide bonds. The van der Waals surface area contributed by atoms with Crippen LogP contribution < -0.4 is 5.32 Å². The number of carbonyl (C=O) groups excluding carboxylic acids is 3. The molecule has 1 N–H and O–H groups in total. The highest BCUT2D eigenvalue weighted by Gasteiger charge is 2.53. The van der Waals surface area contributed by atoms with E-state index in [0.29, 0.717) is 34.3 Å². The van der Waals surface area contributed by atoms with Crippen LogP contribution in [0.5, 0.6) is 0 Å². The Morgan fingerprint density at radius 2 is 2.00 bits per heavy atom. The summed E-state index contributed by atoms with van der Waals surface area (Å²) in [5, 5.41) is 3.37. The Morgan fingerprint density at radius 3 is 2.65 bits per heavy atom. The zero-order chi connectivity index (χ0) is 19.1. The summed E-state index contributed by atoms with van der Waals surface area (Å²) in [6, 6.07) is 3.98. The lowest BCUT2D eigenvalue weighted by atomic mass is 10.2. The number of nitrogens with one attached hydrogen (secondary N) is 1. The molecule has 0 aromatic heterocycles. The first-order chi connectivity index (χ1) is 12.2. The summed E-state index contributed by atoms with van der Waals surface area (Å²) in [4.78, 5) is 38.1. The van der Waals surface area contributed by atoms with Gasteiger partial charge in [-0.25, -0.2) is 4.79 Å². The summed E-state index contributed by atoms with van der Waals surface area (Å²) in [5.74, 6) is -0.648. The number of nitrogens with zero attached hydrogens (tertiary/aromatic N) is 1. The lowest BCUT2D eigenvalue weighted by Gasteiger charge is -2.29. The van der Waals surface area contributed by atoms with E-state index in [2.05, 4.69) is 5.32 Å². The van der Waals surface area contributed by atoms with Crippen molar-refractivity contribution >= 4 is 58.4 Å². The molecule has 1 aromatic carbocycles. The monoisotopic (exact) mass is 416 g/mol. The molecule has 26 heavy (non-hydrogen) atoms. The second-order valence-electron chi connectivity index (χ2n) is 6.49. The number of ether oxygens (including phenoxy) is 1. The molecule has 1 aromatic rings. The molecular weight excluding hydrogens is 399 g/mol. The van der Waals surface area contributed by atoms with Crippen LogP contribution in [0, 0.1) is 0 Å². The van der Waals surface area contributed by atoms with Gasteiger partial charge in [0, 0.05) is 27.9 Å². The normalized spacial score (nSPS) is 25.8. The first kappa shape index (κ1) is 19.3. The van der Waals surface area contributed by atoms with Gasteiger partial charge in [-0.3, -0.25) is 9.59 Å². The van der Waals surface area contributed by atoms with E-state index >= 15 is 0 Å². The lowest BCUT2D eigenvalue weighted by Crippen LogP contribution is -2.48. The lowest BCUT2D eigenvalue weighted by molar-refractivity contribution is -0.160. The largest absolute Gasteiger partial charge is 0.451 e. The van der Waals surface area contributed by atoms with Crippen LogP contribution in [0.1, 0.15) is 26.7 Å². The summed E-state index contributed by atoms with van der Waals surface area (Å²) < 4.78 is 5.31. The van der Waals surface area contributed by atoms with E-state index in [1.807, 2.05) is 6.92 Å². The average Bonchev–Trinajstić information content (AvgIpc) is 3.03. The highest BCUT2D eigenvalue weighted by molar-refractivity contribution is 8.01. The van der Waals surface area contributed by atoms with Crippen molar-refractivity contribution in [3.8, 4) is 0 Å². The number of anilines is 1. The molecule has 3 rings (SSSR count). The fourth-order valence-electron chi connectivity index (χ4n) is 3.17. The van der Waals surface area contributed by atoms with Crippen molar-refractivity contribution < 1.29 is 19.1 Å². The molecule has 0 unspecified atom stereocenters. The molecule has 9 heteroatoms. The van der Waals surface area contributed by atoms with E-state index < -0.39 is 24.0 Å². The van der Waals surface area contributed by atoms with Gasteiger partial charge in [-0.15, -0.1) is 11.8 Å². The Morgan fingerprint density at radius 1 is 1.35 bits per heavy atom. The van der Waals surface area contributed by atoms with Crippen molar-refractivity contribution in [2.24, 2.45) is 0 Å². The van der Waals surface area contributed by atoms with Crippen LogP contribution in [0.4, 0.5) is 5.69 Å². The van der Waals surface area contributed by atoms with Gasteiger partial charge in [0.05, 0.1) is 4.87 Å².